The van der Waals surface area contributed by atoms with Gasteiger partial charge >= 0.3 is 0 Å². The van der Waals surface area contributed by atoms with Crippen molar-refractivity contribution in [2.24, 2.45) is 0 Å². The number of hydrogen-bond donors (Lipinski definition) is 1. The molecule has 2 aliphatic rings. The fourth-order valence-corrected chi connectivity index (χ4v) is 5.30. The van der Waals surface area contributed by atoms with E-state index in [9.17, 15) is 8.42 Å². The zero-order valence-electron chi connectivity index (χ0n) is 14.2. The van der Waals surface area contributed by atoms with Crippen LogP contribution in [0.4, 0.5) is 0 Å². The molecule has 25 heavy (non-hydrogen) atoms. The van der Waals surface area contributed by atoms with Crippen molar-refractivity contribution in [3.05, 3.63) is 29.3 Å². The third-order valence-corrected chi connectivity index (χ3v) is 7.45. The van der Waals surface area contributed by atoms with Gasteiger partial charge in [0.2, 0.25) is 10.0 Å². The summed E-state index contributed by atoms with van der Waals surface area (Å²) in [5, 5.41) is 4.74. The van der Waals surface area contributed by atoms with Gasteiger partial charge in [-0.1, -0.05) is 30.9 Å². The molecule has 0 atom stereocenters. The molecule has 1 saturated carbocycles. The number of nitrogens with zero attached hydrogens (tertiary/aromatic N) is 2. The summed E-state index contributed by atoms with van der Waals surface area (Å²) in [6.45, 7) is 2.12. The maximum absolute atomic E-state index is 12.7. The van der Waals surface area contributed by atoms with Crippen LogP contribution in [0.2, 0.25) is 5.02 Å². The van der Waals surface area contributed by atoms with E-state index in [-0.39, 0.29) is 4.90 Å². The van der Waals surface area contributed by atoms with E-state index in [1.807, 2.05) is 0 Å². The first-order chi connectivity index (χ1) is 12.0. The van der Waals surface area contributed by atoms with Crippen molar-refractivity contribution in [2.45, 2.75) is 43.0 Å². The van der Waals surface area contributed by atoms with E-state index < -0.39 is 10.0 Å². The molecule has 1 heterocycles. The highest BCUT2D eigenvalue weighted by molar-refractivity contribution is 7.89. The molecule has 1 aromatic rings. The maximum atomic E-state index is 12.7. The van der Waals surface area contributed by atoms with E-state index >= 15 is 0 Å². The topological polar surface area (TPSA) is 52.7 Å². The Morgan fingerprint density at radius 1 is 1.04 bits per heavy atom. The zero-order chi connectivity index (χ0) is 17.9. The van der Waals surface area contributed by atoms with Gasteiger partial charge in [-0.2, -0.15) is 4.31 Å². The highest BCUT2D eigenvalue weighted by Crippen LogP contribution is 2.21. The van der Waals surface area contributed by atoms with E-state index in [4.69, 9.17) is 23.8 Å². The second-order valence-electron chi connectivity index (χ2n) is 6.63. The number of hydrogen-bond acceptors (Lipinski definition) is 3. The summed E-state index contributed by atoms with van der Waals surface area (Å²) in [7, 11) is -3.47. The number of rotatable bonds is 3. The van der Waals surface area contributed by atoms with E-state index in [0.717, 1.165) is 5.11 Å². The molecular formula is C17H24ClN3O2S2. The summed E-state index contributed by atoms with van der Waals surface area (Å²) < 4.78 is 26.9. The normalized spacial score (nSPS) is 20.4. The van der Waals surface area contributed by atoms with E-state index in [1.54, 1.807) is 24.3 Å². The van der Waals surface area contributed by atoms with Crippen molar-refractivity contribution in [3.8, 4) is 0 Å². The lowest BCUT2D eigenvalue weighted by Gasteiger charge is -2.37. The number of benzene rings is 1. The first-order valence-corrected chi connectivity index (χ1v) is 11.0. The molecule has 0 radical (unpaired) electrons. The lowest BCUT2D eigenvalue weighted by atomic mass is 9.96. The van der Waals surface area contributed by atoms with Crippen molar-refractivity contribution in [1.82, 2.24) is 14.5 Å². The Hall–Kier alpha value is -0.890. The van der Waals surface area contributed by atoms with Crippen molar-refractivity contribution >= 4 is 39.0 Å². The Balaban J connectivity index is 1.55. The molecule has 1 aliphatic heterocycles. The minimum Gasteiger partial charge on any atom is -0.360 e. The molecule has 1 aliphatic carbocycles. The van der Waals surface area contributed by atoms with Crippen LogP contribution in [0.25, 0.3) is 0 Å². The van der Waals surface area contributed by atoms with Gasteiger partial charge in [0.05, 0.1) is 4.90 Å². The average Bonchev–Trinajstić information content (AvgIpc) is 2.63. The summed E-state index contributed by atoms with van der Waals surface area (Å²) in [6.07, 6.45) is 6.17. The van der Waals surface area contributed by atoms with E-state index in [2.05, 4.69) is 10.2 Å². The lowest BCUT2D eigenvalue weighted by Crippen LogP contribution is -2.54. The molecular weight excluding hydrogens is 378 g/mol. The molecule has 5 nitrogen and oxygen atoms in total. The summed E-state index contributed by atoms with van der Waals surface area (Å²) >= 11 is 11.4. The van der Waals surface area contributed by atoms with Crippen molar-refractivity contribution < 1.29 is 8.42 Å². The van der Waals surface area contributed by atoms with Crippen LogP contribution in [-0.4, -0.2) is 55.0 Å². The average molecular weight is 402 g/mol. The third-order valence-electron chi connectivity index (χ3n) is 4.91. The minimum absolute atomic E-state index is 0.285. The third kappa shape index (κ3) is 4.64. The highest BCUT2D eigenvalue weighted by Gasteiger charge is 2.29. The zero-order valence-corrected chi connectivity index (χ0v) is 16.5. The van der Waals surface area contributed by atoms with Crippen molar-refractivity contribution in [2.75, 3.05) is 26.2 Å². The van der Waals surface area contributed by atoms with Crippen LogP contribution in [0, 0.1) is 0 Å². The van der Waals surface area contributed by atoms with E-state index in [0.29, 0.717) is 37.2 Å². The van der Waals surface area contributed by atoms with Crippen LogP contribution >= 0.6 is 23.8 Å². The SMILES string of the molecule is O=S(=O)(c1ccc(Cl)cc1)N1CCN(C(=S)NC2CCCCC2)CC1. The Kier molecular flexibility index (Phi) is 6.20. The van der Waals surface area contributed by atoms with Gasteiger partial charge in [0.25, 0.3) is 0 Å². The van der Waals surface area contributed by atoms with Crippen LogP contribution in [0.5, 0.6) is 0 Å². The molecule has 0 unspecified atom stereocenters. The number of halogens is 1. The largest absolute Gasteiger partial charge is 0.360 e. The Labute approximate surface area is 160 Å². The van der Waals surface area contributed by atoms with Gasteiger partial charge in [0.15, 0.2) is 5.11 Å². The summed E-state index contributed by atoms with van der Waals surface area (Å²) in [6, 6.07) is 6.79. The molecule has 1 aromatic carbocycles. The van der Waals surface area contributed by atoms with E-state index in [1.165, 1.54) is 36.4 Å². The smallest absolute Gasteiger partial charge is 0.243 e. The van der Waals surface area contributed by atoms with Gasteiger partial charge in [-0.05, 0) is 49.3 Å². The predicted molar refractivity (Wildman–Crippen MR) is 104 cm³/mol. The molecule has 8 heteroatoms. The quantitative estimate of drug-likeness (QED) is 0.789. The Morgan fingerprint density at radius 3 is 2.24 bits per heavy atom. The van der Waals surface area contributed by atoms with Crippen LogP contribution in [0.3, 0.4) is 0 Å². The molecule has 0 bridgehead atoms. The maximum Gasteiger partial charge on any atom is 0.243 e. The summed E-state index contributed by atoms with van der Waals surface area (Å²) in [5.41, 5.74) is 0. The van der Waals surface area contributed by atoms with Crippen LogP contribution in [0.1, 0.15) is 32.1 Å². The molecule has 0 aromatic heterocycles. The van der Waals surface area contributed by atoms with Gasteiger partial charge < -0.3 is 10.2 Å². The second kappa shape index (κ2) is 8.20. The molecule has 0 amide bonds. The molecule has 1 saturated heterocycles. The van der Waals surface area contributed by atoms with Crippen LogP contribution < -0.4 is 5.32 Å². The van der Waals surface area contributed by atoms with Gasteiger partial charge in [0.1, 0.15) is 0 Å². The summed E-state index contributed by atoms with van der Waals surface area (Å²) in [4.78, 5) is 2.37. The predicted octanol–water partition coefficient (Wildman–Crippen LogP) is 2.85. The number of piperazine rings is 1. The number of nitrogens with one attached hydrogen (secondary N) is 1. The van der Waals surface area contributed by atoms with Crippen LogP contribution in [0.15, 0.2) is 29.2 Å². The summed E-state index contributed by atoms with van der Waals surface area (Å²) in [5.74, 6) is 0. The molecule has 2 fully saturated rings. The standard InChI is InChI=1S/C17H24ClN3O2S2/c18-14-6-8-16(9-7-14)25(22,23)21-12-10-20(11-13-21)17(24)19-15-4-2-1-3-5-15/h6-9,15H,1-5,10-13H2,(H,19,24). The first-order valence-electron chi connectivity index (χ1n) is 8.78. The van der Waals surface area contributed by atoms with Crippen LogP contribution in [-0.2, 0) is 10.0 Å². The fourth-order valence-electron chi connectivity index (χ4n) is 3.40. The van der Waals surface area contributed by atoms with Gasteiger partial charge in [-0.15, -0.1) is 0 Å². The lowest BCUT2D eigenvalue weighted by molar-refractivity contribution is 0.259. The second-order valence-corrected chi connectivity index (χ2v) is 9.39. The van der Waals surface area contributed by atoms with Crippen molar-refractivity contribution in [3.63, 3.8) is 0 Å². The number of sulfonamides is 1. The monoisotopic (exact) mass is 401 g/mol. The Bertz CT molecular complexity index is 695. The fraction of sp³-hybridized carbons (Fsp3) is 0.588. The van der Waals surface area contributed by atoms with Crippen molar-refractivity contribution in [1.29, 1.82) is 0 Å². The molecule has 138 valence electrons. The van der Waals surface area contributed by atoms with Gasteiger partial charge in [0, 0.05) is 37.2 Å². The minimum atomic E-state index is -3.47. The molecule has 0 spiro atoms. The molecule has 1 N–H and O–H groups in total. The molecule has 3 rings (SSSR count). The van der Waals surface area contributed by atoms with Gasteiger partial charge in [-0.3, -0.25) is 0 Å². The first kappa shape index (κ1) is 18.9. The highest BCUT2D eigenvalue weighted by atomic mass is 35.5. The Morgan fingerprint density at radius 2 is 1.64 bits per heavy atom. The van der Waals surface area contributed by atoms with Gasteiger partial charge in [-0.25, -0.2) is 8.42 Å². The number of thiocarbonyl (C=S) groups is 1.